The molecule has 1 atom stereocenters. The van der Waals surface area contributed by atoms with E-state index in [1.165, 1.54) is 13.1 Å². The van der Waals surface area contributed by atoms with Crippen molar-refractivity contribution in [1.29, 1.82) is 0 Å². The quantitative estimate of drug-likeness (QED) is 0.689. The number of hydrogen-bond donors (Lipinski definition) is 3. The number of nitrogens with two attached hydrogens (primary N) is 1. The van der Waals surface area contributed by atoms with Crippen LogP contribution in [0.5, 0.6) is 0 Å². The lowest BCUT2D eigenvalue weighted by Crippen LogP contribution is -2.43. The number of sulfonamides is 1. The number of nitrogens with one attached hydrogen (secondary N) is 2. The molecule has 0 aliphatic carbocycles. The van der Waals surface area contributed by atoms with Gasteiger partial charge in [0, 0.05) is 31.7 Å². The molecule has 116 valence electrons. The number of likely N-dealkylation sites (tertiary alicyclic amines) is 1. The van der Waals surface area contributed by atoms with E-state index < -0.39 is 10.0 Å². The third kappa shape index (κ3) is 3.45. The largest absolute Gasteiger partial charge is 0.399 e. The lowest BCUT2D eigenvalue weighted by Gasteiger charge is -2.31. The summed E-state index contributed by atoms with van der Waals surface area (Å²) in [5.74, 6) is 0.105. The van der Waals surface area contributed by atoms with Gasteiger partial charge < -0.3 is 16.0 Å². The van der Waals surface area contributed by atoms with Crippen molar-refractivity contribution in [3.63, 3.8) is 0 Å². The normalized spacial score (nSPS) is 19.6. The van der Waals surface area contributed by atoms with Crippen LogP contribution in [0.2, 0.25) is 0 Å². The number of nitrogen functional groups attached to an aromatic ring is 1. The van der Waals surface area contributed by atoms with Gasteiger partial charge >= 0.3 is 0 Å². The third-order valence-electron chi connectivity index (χ3n) is 3.55. The fraction of sp³-hybridized carbons (Fsp3) is 0.462. The zero-order valence-corrected chi connectivity index (χ0v) is 12.9. The molecule has 1 aliphatic rings. The molecule has 1 aliphatic heterocycles. The van der Waals surface area contributed by atoms with Gasteiger partial charge in [-0.05, 0) is 31.7 Å². The second-order valence-corrected chi connectivity index (χ2v) is 6.97. The van der Waals surface area contributed by atoms with Crippen LogP contribution in [0.4, 0.5) is 11.4 Å². The predicted molar refractivity (Wildman–Crippen MR) is 81.4 cm³/mol. The second-order valence-electron chi connectivity index (χ2n) is 5.12. The summed E-state index contributed by atoms with van der Waals surface area (Å²) in [6, 6.07) is 4.73. The minimum absolute atomic E-state index is 0.0159. The minimum atomic E-state index is -3.60. The topological polar surface area (TPSA) is 105 Å². The van der Waals surface area contributed by atoms with Crippen LogP contribution in [-0.2, 0) is 14.8 Å². The number of piperidine rings is 1. The summed E-state index contributed by atoms with van der Waals surface area (Å²) < 4.78 is 26.4. The van der Waals surface area contributed by atoms with Gasteiger partial charge in [-0.2, -0.15) is 0 Å². The first-order chi connectivity index (χ1) is 9.83. The first-order valence-corrected chi connectivity index (χ1v) is 8.15. The zero-order valence-electron chi connectivity index (χ0n) is 12.1. The summed E-state index contributed by atoms with van der Waals surface area (Å²) in [6.45, 7) is 0.544. The van der Waals surface area contributed by atoms with Crippen LogP contribution in [0.1, 0.15) is 12.8 Å². The highest BCUT2D eigenvalue weighted by atomic mass is 32.2. The van der Waals surface area contributed by atoms with E-state index in [0.717, 1.165) is 0 Å². The molecule has 2 rings (SSSR count). The van der Waals surface area contributed by atoms with Crippen LogP contribution in [-0.4, -0.2) is 45.9 Å². The number of carbonyl (C=O) groups excluding carboxylic acids is 1. The van der Waals surface area contributed by atoms with E-state index in [9.17, 15) is 13.2 Å². The number of carbonyl (C=O) groups is 1. The minimum Gasteiger partial charge on any atom is -0.399 e. The molecule has 4 N–H and O–H groups in total. The lowest BCUT2D eigenvalue weighted by molar-refractivity contribution is -0.132. The number of hydrogen-bond acceptors (Lipinski definition) is 5. The molecule has 8 heteroatoms. The number of benzene rings is 1. The van der Waals surface area contributed by atoms with E-state index in [4.69, 9.17) is 5.73 Å². The van der Waals surface area contributed by atoms with Crippen LogP contribution in [0, 0.1) is 0 Å². The van der Waals surface area contributed by atoms with Crippen LogP contribution in [0.15, 0.2) is 23.1 Å². The molecule has 1 fully saturated rings. The van der Waals surface area contributed by atoms with Crippen LogP contribution < -0.4 is 15.8 Å². The Morgan fingerprint density at radius 1 is 1.38 bits per heavy atom. The Morgan fingerprint density at radius 2 is 2.10 bits per heavy atom. The Bertz CT molecular complexity index is 645. The van der Waals surface area contributed by atoms with Gasteiger partial charge in [-0.1, -0.05) is 0 Å². The molecule has 1 aromatic rings. The van der Waals surface area contributed by atoms with E-state index in [2.05, 4.69) is 10.0 Å². The van der Waals surface area contributed by atoms with E-state index in [1.807, 2.05) is 0 Å². The Morgan fingerprint density at radius 3 is 2.71 bits per heavy atom. The van der Waals surface area contributed by atoms with E-state index in [0.29, 0.717) is 30.8 Å². The Kier molecular flexibility index (Phi) is 4.38. The first kappa shape index (κ1) is 15.6. The first-order valence-electron chi connectivity index (χ1n) is 6.67. The maximum Gasteiger partial charge on any atom is 0.242 e. The molecular formula is C13H20N4O3S. The van der Waals surface area contributed by atoms with Crippen LogP contribution in [0.3, 0.4) is 0 Å². The summed E-state index contributed by atoms with van der Waals surface area (Å²) in [6.07, 6.45) is 1.13. The lowest BCUT2D eigenvalue weighted by atomic mass is 10.1. The molecule has 1 saturated heterocycles. The fourth-order valence-corrected chi connectivity index (χ4v) is 3.27. The molecular weight excluding hydrogens is 292 g/mol. The highest BCUT2D eigenvalue weighted by molar-refractivity contribution is 7.89. The van der Waals surface area contributed by atoms with E-state index >= 15 is 0 Å². The Hall–Kier alpha value is -1.80. The number of likely N-dealkylation sites (N-methyl/N-ethyl adjacent to an activating group) is 1. The summed E-state index contributed by atoms with van der Waals surface area (Å²) in [7, 11) is -0.502. The number of rotatable bonds is 4. The van der Waals surface area contributed by atoms with Crippen molar-refractivity contribution in [3.05, 3.63) is 18.2 Å². The van der Waals surface area contributed by atoms with Crippen molar-refractivity contribution < 1.29 is 13.2 Å². The molecule has 0 spiro atoms. The van der Waals surface area contributed by atoms with E-state index in [1.54, 1.807) is 24.1 Å². The molecule has 1 amide bonds. The van der Waals surface area contributed by atoms with Crippen molar-refractivity contribution >= 4 is 27.3 Å². The number of amides is 1. The van der Waals surface area contributed by atoms with E-state index in [-0.39, 0.29) is 16.8 Å². The maximum atomic E-state index is 12.1. The van der Waals surface area contributed by atoms with Gasteiger partial charge in [0.1, 0.15) is 4.90 Å². The van der Waals surface area contributed by atoms with Gasteiger partial charge in [0.2, 0.25) is 15.9 Å². The SMILES string of the molecule is CNS(=O)(=O)c1cc(N)ccc1NC1CCC(=O)N(C)C1. The molecule has 1 aromatic carbocycles. The molecule has 0 saturated carbocycles. The van der Waals surface area contributed by atoms with Crippen molar-refractivity contribution in [2.45, 2.75) is 23.8 Å². The van der Waals surface area contributed by atoms with Gasteiger partial charge in [-0.15, -0.1) is 0 Å². The monoisotopic (exact) mass is 312 g/mol. The van der Waals surface area contributed by atoms with Crippen LogP contribution in [0.25, 0.3) is 0 Å². The molecule has 0 bridgehead atoms. The second kappa shape index (κ2) is 5.90. The maximum absolute atomic E-state index is 12.1. The average molecular weight is 312 g/mol. The molecule has 7 nitrogen and oxygen atoms in total. The van der Waals surface area contributed by atoms with Gasteiger partial charge in [-0.3, -0.25) is 4.79 Å². The third-order valence-corrected chi connectivity index (χ3v) is 5.00. The van der Waals surface area contributed by atoms with Gasteiger partial charge in [-0.25, -0.2) is 13.1 Å². The highest BCUT2D eigenvalue weighted by Crippen LogP contribution is 2.26. The smallest absolute Gasteiger partial charge is 0.242 e. The fourth-order valence-electron chi connectivity index (χ4n) is 2.34. The number of anilines is 2. The van der Waals surface area contributed by atoms with Crippen molar-refractivity contribution in [3.8, 4) is 0 Å². The molecule has 0 radical (unpaired) electrons. The van der Waals surface area contributed by atoms with Gasteiger partial charge in [0.15, 0.2) is 0 Å². The Balaban J connectivity index is 2.26. The average Bonchev–Trinajstić information content (AvgIpc) is 2.44. The molecule has 1 unspecified atom stereocenters. The number of nitrogens with zero attached hydrogens (tertiary/aromatic N) is 1. The Labute approximate surface area is 124 Å². The van der Waals surface area contributed by atoms with Crippen molar-refractivity contribution in [1.82, 2.24) is 9.62 Å². The van der Waals surface area contributed by atoms with Crippen LogP contribution >= 0.6 is 0 Å². The zero-order chi connectivity index (χ0) is 15.6. The summed E-state index contributed by atoms with van der Waals surface area (Å²) in [5, 5.41) is 3.20. The van der Waals surface area contributed by atoms with Gasteiger partial charge in [0.05, 0.1) is 5.69 Å². The summed E-state index contributed by atoms with van der Waals surface area (Å²) in [4.78, 5) is 13.2. The molecule has 21 heavy (non-hydrogen) atoms. The standard InChI is InChI=1S/C13H20N4O3S/c1-15-21(19,20)12-7-9(14)3-5-11(12)16-10-4-6-13(18)17(2)8-10/h3,5,7,10,15-16H,4,6,8,14H2,1-2H3. The summed E-state index contributed by atoms with van der Waals surface area (Å²) >= 11 is 0. The predicted octanol–water partition coefficient (Wildman–Crippen LogP) is 0.210. The van der Waals surface area contributed by atoms with Crippen molar-refractivity contribution in [2.24, 2.45) is 0 Å². The highest BCUT2D eigenvalue weighted by Gasteiger charge is 2.25. The molecule has 0 aromatic heterocycles. The van der Waals surface area contributed by atoms with Gasteiger partial charge in [0.25, 0.3) is 0 Å². The molecule has 1 heterocycles. The summed E-state index contributed by atoms with van der Waals surface area (Å²) in [5.41, 5.74) is 6.55. The van der Waals surface area contributed by atoms with Crippen molar-refractivity contribution in [2.75, 3.05) is 31.7 Å².